The Morgan fingerprint density at radius 3 is 2.33 bits per heavy atom. The molecule has 0 aromatic rings. The minimum Gasteiger partial charge on any atom is -0.348 e. The fraction of sp³-hybridized carbons (Fsp3) is 0.938. The molecule has 3 rings (SSSR count). The molecule has 3 aliphatic rings. The molecular formula is C16H28N2O3. The fourth-order valence-corrected chi connectivity index (χ4v) is 3.86. The lowest BCUT2D eigenvalue weighted by molar-refractivity contribution is -0.184. The van der Waals surface area contributed by atoms with Gasteiger partial charge < -0.3 is 20.1 Å². The van der Waals surface area contributed by atoms with Crippen LogP contribution < -0.4 is 10.6 Å². The average molecular weight is 296 g/mol. The van der Waals surface area contributed by atoms with Gasteiger partial charge in [-0.1, -0.05) is 12.8 Å². The third-order valence-corrected chi connectivity index (χ3v) is 5.37. The lowest BCUT2D eigenvalue weighted by Gasteiger charge is -2.42. The van der Waals surface area contributed by atoms with Crippen LogP contribution >= 0.6 is 0 Å². The maximum Gasteiger partial charge on any atom is 0.315 e. The van der Waals surface area contributed by atoms with E-state index in [9.17, 15) is 4.79 Å². The normalized spacial score (nSPS) is 27.9. The van der Waals surface area contributed by atoms with E-state index in [1.165, 1.54) is 25.7 Å². The van der Waals surface area contributed by atoms with E-state index >= 15 is 0 Å². The summed E-state index contributed by atoms with van der Waals surface area (Å²) in [5.41, 5.74) is -0.139. The van der Waals surface area contributed by atoms with Crippen molar-refractivity contribution in [2.75, 3.05) is 19.8 Å². The van der Waals surface area contributed by atoms with Gasteiger partial charge in [-0.25, -0.2) is 4.79 Å². The Labute approximate surface area is 127 Å². The van der Waals surface area contributed by atoms with Crippen molar-refractivity contribution in [2.45, 2.75) is 69.6 Å². The van der Waals surface area contributed by atoms with Gasteiger partial charge in [0.15, 0.2) is 5.79 Å². The molecule has 2 N–H and O–H groups in total. The van der Waals surface area contributed by atoms with Crippen LogP contribution in [0.5, 0.6) is 0 Å². The highest BCUT2D eigenvalue weighted by Crippen LogP contribution is 2.40. The van der Waals surface area contributed by atoms with Crippen LogP contribution in [0.25, 0.3) is 0 Å². The molecule has 0 radical (unpaired) electrons. The van der Waals surface area contributed by atoms with Crippen LogP contribution in [0.3, 0.4) is 0 Å². The third-order valence-electron chi connectivity index (χ3n) is 5.37. The zero-order chi connectivity index (χ0) is 14.8. The molecule has 2 aliphatic carbocycles. The minimum absolute atomic E-state index is 0.0198. The molecule has 5 heteroatoms. The van der Waals surface area contributed by atoms with Crippen molar-refractivity contribution in [2.24, 2.45) is 5.92 Å². The van der Waals surface area contributed by atoms with Gasteiger partial charge in [-0.2, -0.15) is 0 Å². The van der Waals surface area contributed by atoms with Gasteiger partial charge in [0.1, 0.15) is 0 Å². The second-order valence-corrected chi connectivity index (χ2v) is 7.15. The lowest BCUT2D eigenvalue weighted by Crippen LogP contribution is -2.55. The molecule has 3 fully saturated rings. The second kappa shape index (κ2) is 6.13. The second-order valence-electron chi connectivity index (χ2n) is 7.15. The first-order valence-corrected chi connectivity index (χ1v) is 8.43. The molecule has 0 unspecified atom stereocenters. The Balaban J connectivity index is 1.42. The van der Waals surface area contributed by atoms with Crippen molar-refractivity contribution in [3.05, 3.63) is 0 Å². The Hall–Kier alpha value is -0.810. The first kappa shape index (κ1) is 15.1. The molecule has 2 saturated carbocycles. The van der Waals surface area contributed by atoms with E-state index < -0.39 is 0 Å². The summed E-state index contributed by atoms with van der Waals surface area (Å²) in [7, 11) is 0. The number of hydrogen-bond acceptors (Lipinski definition) is 3. The predicted octanol–water partition coefficient (Wildman–Crippen LogP) is 2.55. The van der Waals surface area contributed by atoms with Crippen molar-refractivity contribution in [1.29, 1.82) is 0 Å². The summed E-state index contributed by atoms with van der Waals surface area (Å²) in [5, 5.41) is 6.21. The van der Waals surface area contributed by atoms with Gasteiger partial charge in [0.25, 0.3) is 0 Å². The van der Waals surface area contributed by atoms with E-state index in [2.05, 4.69) is 17.6 Å². The van der Waals surface area contributed by atoms with Crippen LogP contribution in [0, 0.1) is 5.92 Å². The number of carbonyl (C=O) groups excluding carboxylic acids is 1. The van der Waals surface area contributed by atoms with E-state index in [-0.39, 0.29) is 17.4 Å². The van der Waals surface area contributed by atoms with Crippen LogP contribution in [-0.4, -0.2) is 37.1 Å². The molecule has 0 bridgehead atoms. The highest BCUT2D eigenvalue weighted by molar-refractivity contribution is 5.74. The van der Waals surface area contributed by atoms with Gasteiger partial charge in [-0.3, -0.25) is 0 Å². The summed E-state index contributed by atoms with van der Waals surface area (Å²) < 4.78 is 11.5. The summed E-state index contributed by atoms with van der Waals surface area (Å²) in [6.45, 7) is 4.35. The number of amides is 2. The molecule has 120 valence electrons. The zero-order valence-electron chi connectivity index (χ0n) is 13.1. The first-order valence-electron chi connectivity index (χ1n) is 8.43. The lowest BCUT2D eigenvalue weighted by atomic mass is 9.80. The molecule has 0 atom stereocenters. The average Bonchev–Trinajstić information content (AvgIpc) is 3.13. The smallest absolute Gasteiger partial charge is 0.315 e. The maximum atomic E-state index is 12.1. The molecule has 0 aromatic carbocycles. The predicted molar refractivity (Wildman–Crippen MR) is 80.0 cm³/mol. The van der Waals surface area contributed by atoms with Crippen molar-refractivity contribution >= 4 is 6.03 Å². The number of carbonyl (C=O) groups is 1. The van der Waals surface area contributed by atoms with E-state index in [1.54, 1.807) is 0 Å². The topological polar surface area (TPSA) is 59.6 Å². The van der Waals surface area contributed by atoms with Crippen molar-refractivity contribution in [3.8, 4) is 0 Å². The van der Waals surface area contributed by atoms with Gasteiger partial charge in [0, 0.05) is 24.9 Å². The zero-order valence-corrected chi connectivity index (χ0v) is 13.1. The number of hydrogen-bond donors (Lipinski definition) is 2. The Morgan fingerprint density at radius 2 is 1.71 bits per heavy atom. The summed E-state index contributed by atoms with van der Waals surface area (Å²) in [5.74, 6) is 0.320. The molecule has 5 nitrogen and oxygen atoms in total. The van der Waals surface area contributed by atoms with Gasteiger partial charge in [0.05, 0.1) is 13.2 Å². The van der Waals surface area contributed by atoms with Crippen LogP contribution in [0.2, 0.25) is 0 Å². The Bertz CT molecular complexity index is 364. The van der Waals surface area contributed by atoms with Gasteiger partial charge >= 0.3 is 6.03 Å². The van der Waals surface area contributed by atoms with Gasteiger partial charge in [-0.15, -0.1) is 0 Å². The number of urea groups is 1. The summed E-state index contributed by atoms with van der Waals surface area (Å²) in [6, 6.07) is -0.0198. The molecule has 2 amide bonds. The van der Waals surface area contributed by atoms with E-state index in [4.69, 9.17) is 9.47 Å². The van der Waals surface area contributed by atoms with E-state index in [0.717, 1.165) is 32.2 Å². The molecule has 21 heavy (non-hydrogen) atoms. The summed E-state index contributed by atoms with van der Waals surface area (Å²) in [6.07, 6.45) is 8.69. The molecule has 1 heterocycles. The van der Waals surface area contributed by atoms with Gasteiger partial charge in [0.2, 0.25) is 0 Å². The Morgan fingerprint density at radius 1 is 1.10 bits per heavy atom. The standard InChI is InChI=1S/C16H28N2O3/c1-15(6-8-16(9-7-15)20-10-11-21-16)18-14(19)17-12-13-4-2-3-5-13/h13H,2-12H2,1H3,(H2,17,18,19). The molecule has 0 aromatic heterocycles. The molecule has 1 aliphatic heterocycles. The number of ether oxygens (including phenoxy) is 2. The quantitative estimate of drug-likeness (QED) is 0.841. The monoisotopic (exact) mass is 296 g/mol. The van der Waals surface area contributed by atoms with Crippen molar-refractivity contribution < 1.29 is 14.3 Å². The maximum absolute atomic E-state index is 12.1. The first-order chi connectivity index (χ1) is 10.1. The number of nitrogens with one attached hydrogen (secondary N) is 2. The highest BCUT2D eigenvalue weighted by Gasteiger charge is 2.44. The van der Waals surface area contributed by atoms with Crippen LogP contribution in [0.1, 0.15) is 58.3 Å². The summed E-state index contributed by atoms with van der Waals surface area (Å²) in [4.78, 5) is 12.1. The molecule has 1 saturated heterocycles. The Kier molecular flexibility index (Phi) is 4.41. The molecule has 1 spiro atoms. The molecular weight excluding hydrogens is 268 g/mol. The fourth-order valence-electron chi connectivity index (χ4n) is 3.86. The van der Waals surface area contributed by atoms with Crippen LogP contribution in [0.15, 0.2) is 0 Å². The van der Waals surface area contributed by atoms with Crippen molar-refractivity contribution in [1.82, 2.24) is 10.6 Å². The van der Waals surface area contributed by atoms with Crippen LogP contribution in [0.4, 0.5) is 4.79 Å². The van der Waals surface area contributed by atoms with Gasteiger partial charge in [-0.05, 0) is 38.5 Å². The van der Waals surface area contributed by atoms with E-state index in [0.29, 0.717) is 19.1 Å². The number of rotatable bonds is 3. The SMILES string of the molecule is CC1(NC(=O)NCC2CCCC2)CCC2(CC1)OCCO2. The largest absolute Gasteiger partial charge is 0.348 e. The van der Waals surface area contributed by atoms with Crippen LogP contribution in [-0.2, 0) is 9.47 Å². The minimum atomic E-state index is -0.360. The van der Waals surface area contributed by atoms with E-state index in [1.807, 2.05) is 0 Å². The summed E-state index contributed by atoms with van der Waals surface area (Å²) >= 11 is 0. The highest BCUT2D eigenvalue weighted by atomic mass is 16.7. The van der Waals surface area contributed by atoms with Crippen molar-refractivity contribution in [3.63, 3.8) is 0 Å². The third kappa shape index (κ3) is 3.69.